The van der Waals surface area contributed by atoms with Gasteiger partial charge in [-0.25, -0.2) is 0 Å². The Morgan fingerprint density at radius 1 is 1.10 bits per heavy atom. The van der Waals surface area contributed by atoms with Crippen LogP contribution in [0, 0.1) is 0 Å². The summed E-state index contributed by atoms with van der Waals surface area (Å²) < 4.78 is 0. The fourth-order valence-electron chi connectivity index (χ4n) is 1.89. The highest BCUT2D eigenvalue weighted by Crippen LogP contribution is 2.33. The summed E-state index contributed by atoms with van der Waals surface area (Å²) in [7, 11) is 0. The van der Waals surface area contributed by atoms with E-state index in [4.69, 9.17) is 23.2 Å². The zero-order valence-electron chi connectivity index (χ0n) is 11.5. The van der Waals surface area contributed by atoms with Crippen molar-refractivity contribution in [3.8, 4) is 0 Å². The van der Waals surface area contributed by atoms with Crippen molar-refractivity contribution in [1.82, 2.24) is 0 Å². The van der Waals surface area contributed by atoms with E-state index >= 15 is 0 Å². The minimum absolute atomic E-state index is 0.0723. The number of para-hydroxylation sites is 1. The molecule has 0 unspecified atom stereocenters. The largest absolute Gasteiger partial charge is 0.325 e. The van der Waals surface area contributed by atoms with Crippen molar-refractivity contribution in [2.45, 2.75) is 18.2 Å². The van der Waals surface area contributed by atoms with Crippen molar-refractivity contribution in [2.75, 3.05) is 11.1 Å². The molecule has 2 rings (SSSR count). The van der Waals surface area contributed by atoms with E-state index in [1.165, 1.54) is 11.8 Å². The van der Waals surface area contributed by atoms with Crippen LogP contribution in [0.4, 0.5) is 5.69 Å². The van der Waals surface area contributed by atoms with Gasteiger partial charge in [0.05, 0.1) is 15.8 Å². The standard InChI is InChI=1S/C16H15Cl2NOS/c1-2-11-6-3-4-9-14(11)19-15(20)10-21-16-12(17)7-5-8-13(16)18/h3-9H,2,10H2,1H3,(H,19,20). The van der Waals surface area contributed by atoms with Gasteiger partial charge in [0.15, 0.2) is 0 Å². The molecule has 0 spiro atoms. The number of benzene rings is 2. The number of carbonyl (C=O) groups is 1. The first kappa shape index (κ1) is 16.2. The molecular formula is C16H15Cl2NOS. The van der Waals surface area contributed by atoms with Crippen LogP contribution in [-0.2, 0) is 11.2 Å². The van der Waals surface area contributed by atoms with E-state index in [9.17, 15) is 4.79 Å². The summed E-state index contributed by atoms with van der Waals surface area (Å²) in [6.45, 7) is 2.06. The van der Waals surface area contributed by atoms with Crippen molar-refractivity contribution in [3.63, 3.8) is 0 Å². The van der Waals surface area contributed by atoms with E-state index in [0.29, 0.717) is 10.0 Å². The molecule has 0 heterocycles. The average Bonchev–Trinajstić information content (AvgIpc) is 2.47. The minimum Gasteiger partial charge on any atom is -0.325 e. The third-order valence-corrected chi connectivity index (χ3v) is 4.93. The van der Waals surface area contributed by atoms with Gasteiger partial charge in [-0.3, -0.25) is 4.79 Å². The third kappa shape index (κ3) is 4.40. The summed E-state index contributed by atoms with van der Waals surface area (Å²) in [5, 5.41) is 4.05. The Morgan fingerprint density at radius 3 is 2.43 bits per heavy atom. The van der Waals surface area contributed by atoms with Gasteiger partial charge in [0.25, 0.3) is 0 Å². The summed E-state index contributed by atoms with van der Waals surface area (Å²) in [5.41, 5.74) is 1.97. The van der Waals surface area contributed by atoms with Crippen LogP contribution in [0.5, 0.6) is 0 Å². The molecular weight excluding hydrogens is 325 g/mol. The van der Waals surface area contributed by atoms with Crippen LogP contribution in [0.1, 0.15) is 12.5 Å². The molecule has 2 nitrogen and oxygen atoms in total. The van der Waals surface area contributed by atoms with Crippen molar-refractivity contribution < 1.29 is 4.79 Å². The number of hydrogen-bond acceptors (Lipinski definition) is 2. The van der Waals surface area contributed by atoms with Crippen LogP contribution < -0.4 is 5.32 Å². The lowest BCUT2D eigenvalue weighted by Crippen LogP contribution is -2.15. The zero-order chi connectivity index (χ0) is 15.2. The Morgan fingerprint density at radius 2 is 1.76 bits per heavy atom. The first-order valence-corrected chi connectivity index (χ1v) is 8.30. The molecule has 0 aliphatic heterocycles. The van der Waals surface area contributed by atoms with E-state index in [1.54, 1.807) is 18.2 Å². The normalized spacial score (nSPS) is 10.4. The van der Waals surface area contributed by atoms with E-state index in [1.807, 2.05) is 24.3 Å². The number of rotatable bonds is 5. The fraction of sp³-hybridized carbons (Fsp3) is 0.188. The first-order chi connectivity index (χ1) is 10.1. The second-order valence-electron chi connectivity index (χ2n) is 4.40. The molecule has 1 amide bonds. The second-order valence-corrected chi connectivity index (χ2v) is 6.20. The van der Waals surface area contributed by atoms with Crippen LogP contribution in [-0.4, -0.2) is 11.7 Å². The molecule has 110 valence electrons. The molecule has 0 fully saturated rings. The number of amides is 1. The maximum atomic E-state index is 12.1. The monoisotopic (exact) mass is 339 g/mol. The highest BCUT2D eigenvalue weighted by molar-refractivity contribution is 8.00. The number of thioether (sulfide) groups is 1. The summed E-state index contributed by atoms with van der Waals surface area (Å²) in [6.07, 6.45) is 0.875. The maximum absolute atomic E-state index is 12.1. The molecule has 2 aromatic carbocycles. The van der Waals surface area contributed by atoms with Gasteiger partial charge in [0.1, 0.15) is 0 Å². The van der Waals surface area contributed by atoms with Gasteiger partial charge >= 0.3 is 0 Å². The van der Waals surface area contributed by atoms with Crippen LogP contribution >= 0.6 is 35.0 Å². The maximum Gasteiger partial charge on any atom is 0.234 e. The lowest BCUT2D eigenvalue weighted by molar-refractivity contribution is -0.113. The number of carbonyl (C=O) groups excluding carboxylic acids is 1. The molecule has 21 heavy (non-hydrogen) atoms. The Kier molecular flexibility index (Phi) is 5.97. The predicted octanol–water partition coefficient (Wildman–Crippen LogP) is 5.29. The van der Waals surface area contributed by atoms with Crippen molar-refractivity contribution in [2.24, 2.45) is 0 Å². The third-order valence-electron chi connectivity index (χ3n) is 2.94. The van der Waals surface area contributed by atoms with Gasteiger partial charge < -0.3 is 5.32 Å². The quantitative estimate of drug-likeness (QED) is 0.750. The molecule has 0 atom stereocenters. The number of halogens is 2. The van der Waals surface area contributed by atoms with E-state index in [2.05, 4.69) is 12.2 Å². The van der Waals surface area contributed by atoms with Crippen LogP contribution in [0.3, 0.4) is 0 Å². The first-order valence-electron chi connectivity index (χ1n) is 6.56. The predicted molar refractivity (Wildman–Crippen MR) is 91.6 cm³/mol. The Balaban J connectivity index is 1.99. The van der Waals surface area contributed by atoms with Gasteiger partial charge in [-0.05, 0) is 30.2 Å². The SMILES string of the molecule is CCc1ccccc1NC(=O)CSc1c(Cl)cccc1Cl. The van der Waals surface area contributed by atoms with Gasteiger partial charge in [-0.1, -0.05) is 54.4 Å². The smallest absolute Gasteiger partial charge is 0.234 e. The molecule has 0 aliphatic carbocycles. The van der Waals surface area contributed by atoms with Crippen molar-refractivity contribution in [1.29, 1.82) is 0 Å². The van der Waals surface area contributed by atoms with Crippen molar-refractivity contribution in [3.05, 3.63) is 58.1 Å². The molecule has 0 saturated heterocycles. The van der Waals surface area contributed by atoms with E-state index < -0.39 is 0 Å². The average molecular weight is 340 g/mol. The number of anilines is 1. The summed E-state index contributed by atoms with van der Waals surface area (Å²) in [6, 6.07) is 13.1. The van der Waals surface area contributed by atoms with Gasteiger partial charge in [-0.15, -0.1) is 11.8 Å². The molecule has 0 aromatic heterocycles. The molecule has 0 saturated carbocycles. The number of hydrogen-bond donors (Lipinski definition) is 1. The Hall–Kier alpha value is -1.16. The number of nitrogens with one attached hydrogen (secondary N) is 1. The highest BCUT2D eigenvalue weighted by atomic mass is 35.5. The van der Waals surface area contributed by atoms with E-state index in [-0.39, 0.29) is 11.7 Å². The molecule has 0 bridgehead atoms. The van der Waals surface area contributed by atoms with Crippen molar-refractivity contribution >= 4 is 46.6 Å². The Bertz CT molecular complexity index is 626. The van der Waals surface area contributed by atoms with Gasteiger partial charge in [0.2, 0.25) is 5.91 Å². The number of aryl methyl sites for hydroxylation is 1. The molecule has 0 radical (unpaired) electrons. The molecule has 5 heteroatoms. The lowest BCUT2D eigenvalue weighted by Gasteiger charge is -2.10. The van der Waals surface area contributed by atoms with Gasteiger partial charge in [0, 0.05) is 10.6 Å². The second kappa shape index (κ2) is 7.74. The van der Waals surface area contributed by atoms with Gasteiger partial charge in [-0.2, -0.15) is 0 Å². The summed E-state index contributed by atoms with van der Waals surface area (Å²) in [4.78, 5) is 12.8. The minimum atomic E-state index is -0.0723. The molecule has 0 aliphatic rings. The Labute approximate surface area is 138 Å². The van der Waals surface area contributed by atoms with E-state index in [0.717, 1.165) is 22.6 Å². The summed E-state index contributed by atoms with van der Waals surface area (Å²) >= 11 is 13.5. The zero-order valence-corrected chi connectivity index (χ0v) is 13.9. The molecule has 1 N–H and O–H groups in total. The van der Waals surface area contributed by atoms with Crippen LogP contribution in [0.25, 0.3) is 0 Å². The fourth-order valence-corrected chi connectivity index (χ4v) is 3.38. The molecule has 2 aromatic rings. The van der Waals surface area contributed by atoms with Crippen LogP contribution in [0.2, 0.25) is 10.0 Å². The summed E-state index contributed by atoms with van der Waals surface area (Å²) in [5.74, 6) is 0.193. The highest BCUT2D eigenvalue weighted by Gasteiger charge is 2.10. The topological polar surface area (TPSA) is 29.1 Å². The lowest BCUT2D eigenvalue weighted by atomic mass is 10.1. The van der Waals surface area contributed by atoms with Crippen LogP contribution in [0.15, 0.2) is 47.4 Å².